The Hall–Kier alpha value is -4.15. The van der Waals surface area contributed by atoms with E-state index in [2.05, 4.69) is 24.9 Å². The summed E-state index contributed by atoms with van der Waals surface area (Å²) in [4.78, 5) is 17.9. The molecule has 2 aromatic carbocycles. The number of hydrogen-bond donors (Lipinski definition) is 2. The number of hydrogen-bond acceptors (Lipinski definition) is 11. The van der Waals surface area contributed by atoms with Crippen LogP contribution in [0.15, 0.2) is 56.3 Å². The van der Waals surface area contributed by atoms with E-state index in [1.165, 1.54) is 35.2 Å². The highest BCUT2D eigenvalue weighted by molar-refractivity contribution is 7.91. The lowest BCUT2D eigenvalue weighted by Crippen LogP contribution is -2.45. The summed E-state index contributed by atoms with van der Waals surface area (Å²) in [7, 11) is -3.96. The third kappa shape index (κ3) is 5.64. The number of alkyl halides is 3. The van der Waals surface area contributed by atoms with Gasteiger partial charge in [-0.05, 0) is 29.2 Å². The summed E-state index contributed by atoms with van der Waals surface area (Å²) < 4.78 is 74.9. The number of amides is 1. The first-order chi connectivity index (χ1) is 19.5. The van der Waals surface area contributed by atoms with Crippen molar-refractivity contribution in [1.29, 1.82) is 0 Å². The average molecular weight is 606 g/mol. The fourth-order valence-corrected chi connectivity index (χ4v) is 5.81. The predicted octanol–water partition coefficient (Wildman–Crippen LogP) is 3.50. The molecule has 222 valence electrons. The molecule has 4 N–H and O–H groups in total. The van der Waals surface area contributed by atoms with Crippen LogP contribution in [0.2, 0.25) is 0 Å². The number of carbonyl (C=O) groups excluding carboxylic acids is 1. The Balaban J connectivity index is 1.50. The van der Waals surface area contributed by atoms with Crippen LogP contribution >= 0.6 is 0 Å². The summed E-state index contributed by atoms with van der Waals surface area (Å²) in [5.74, 6) is -2.72. The molecule has 1 aliphatic heterocycles. The Morgan fingerprint density at radius 2 is 1.74 bits per heavy atom. The Morgan fingerprint density at radius 1 is 1.07 bits per heavy atom. The van der Waals surface area contributed by atoms with Crippen molar-refractivity contribution in [3.05, 3.63) is 59.8 Å². The molecule has 0 saturated heterocycles. The van der Waals surface area contributed by atoms with Crippen LogP contribution in [-0.4, -0.2) is 46.5 Å². The van der Waals surface area contributed by atoms with Crippen molar-refractivity contribution in [2.24, 2.45) is 16.9 Å². The van der Waals surface area contributed by atoms with Crippen LogP contribution in [0.5, 0.6) is 0 Å². The molecular weight excluding hydrogens is 579 g/mol. The number of benzene rings is 2. The van der Waals surface area contributed by atoms with Gasteiger partial charge in [-0.2, -0.15) is 18.2 Å². The number of fused-ring (bicyclic) bond motifs is 1. The quantitative estimate of drug-likeness (QED) is 0.339. The number of rotatable bonds is 5. The number of anilines is 1. The maximum atomic E-state index is 13.4. The number of nitrogens with two attached hydrogens (primary N) is 2. The summed E-state index contributed by atoms with van der Waals surface area (Å²) in [6.07, 6.45) is -4.79. The lowest BCUT2D eigenvalue weighted by Gasteiger charge is -2.24. The Bertz CT molecular complexity index is 1740. The fourth-order valence-electron chi connectivity index (χ4n) is 4.25. The summed E-state index contributed by atoms with van der Waals surface area (Å²) >= 11 is 0. The predicted molar refractivity (Wildman–Crippen MR) is 142 cm³/mol. The van der Waals surface area contributed by atoms with Crippen molar-refractivity contribution < 1.29 is 35.3 Å². The van der Waals surface area contributed by atoms with Crippen LogP contribution in [0.3, 0.4) is 0 Å². The van der Waals surface area contributed by atoms with E-state index in [0.717, 1.165) is 0 Å². The van der Waals surface area contributed by atoms with Gasteiger partial charge in [-0.15, -0.1) is 10.2 Å². The third-order valence-electron chi connectivity index (χ3n) is 6.67. The Morgan fingerprint density at radius 3 is 2.36 bits per heavy atom. The molecular formula is C26H26F3N7O5S. The summed E-state index contributed by atoms with van der Waals surface area (Å²) in [5, 5.41) is 11.5. The van der Waals surface area contributed by atoms with Gasteiger partial charge in [0.25, 0.3) is 0 Å². The SMILES string of the molecule is CC(C)(C)C(N)c1nnc(-c2ccc3c(c2)N(Cc2ccc(-c4noc(C(F)(F)F)n4)cc2)C(=O)[C@@H](N)CS3(=O)=O)o1. The maximum absolute atomic E-state index is 13.4. The van der Waals surface area contributed by atoms with Gasteiger partial charge in [-0.1, -0.05) is 50.2 Å². The van der Waals surface area contributed by atoms with Crippen LogP contribution in [0, 0.1) is 5.41 Å². The molecule has 12 nitrogen and oxygen atoms in total. The zero-order chi connectivity index (χ0) is 30.6. The maximum Gasteiger partial charge on any atom is 0.471 e. The van der Waals surface area contributed by atoms with Crippen molar-refractivity contribution >= 4 is 21.4 Å². The first-order valence-electron chi connectivity index (χ1n) is 12.6. The second kappa shape index (κ2) is 10.3. The van der Waals surface area contributed by atoms with Crippen LogP contribution in [-0.2, 0) is 27.4 Å². The molecule has 3 heterocycles. The van der Waals surface area contributed by atoms with Crippen molar-refractivity contribution in [2.75, 3.05) is 10.7 Å². The fraction of sp³-hybridized carbons (Fsp3) is 0.346. The molecule has 4 aromatic rings. The number of carbonyl (C=O) groups is 1. The highest BCUT2D eigenvalue weighted by Crippen LogP contribution is 2.37. The normalized spacial score (nSPS) is 18.0. The minimum Gasteiger partial charge on any atom is -0.419 e. The Kier molecular flexibility index (Phi) is 7.19. The van der Waals surface area contributed by atoms with Gasteiger partial charge in [0.1, 0.15) is 0 Å². The smallest absolute Gasteiger partial charge is 0.419 e. The van der Waals surface area contributed by atoms with Crippen molar-refractivity contribution in [3.63, 3.8) is 0 Å². The molecule has 1 amide bonds. The van der Waals surface area contributed by atoms with Gasteiger partial charge in [-0.3, -0.25) is 4.79 Å². The minimum absolute atomic E-state index is 0.0578. The van der Waals surface area contributed by atoms with E-state index in [1.54, 1.807) is 12.1 Å². The van der Waals surface area contributed by atoms with Gasteiger partial charge in [0, 0.05) is 11.1 Å². The second-order valence-corrected chi connectivity index (χ2v) is 12.9. The first kappa shape index (κ1) is 29.3. The number of nitrogens with zero attached hydrogens (tertiary/aromatic N) is 5. The van der Waals surface area contributed by atoms with Gasteiger partial charge < -0.3 is 25.3 Å². The molecule has 5 rings (SSSR count). The molecule has 0 bridgehead atoms. The van der Waals surface area contributed by atoms with E-state index in [0.29, 0.717) is 11.1 Å². The molecule has 16 heteroatoms. The highest BCUT2D eigenvalue weighted by Gasteiger charge is 2.39. The molecule has 42 heavy (non-hydrogen) atoms. The summed E-state index contributed by atoms with van der Waals surface area (Å²) in [6.45, 7) is 5.63. The summed E-state index contributed by atoms with van der Waals surface area (Å²) in [6, 6.07) is 8.38. The molecule has 0 aliphatic carbocycles. The lowest BCUT2D eigenvalue weighted by atomic mass is 9.87. The first-order valence-corrected chi connectivity index (χ1v) is 14.2. The molecule has 0 radical (unpaired) electrons. The van der Waals surface area contributed by atoms with Crippen LogP contribution in [0.4, 0.5) is 18.9 Å². The van der Waals surface area contributed by atoms with Crippen LogP contribution in [0.1, 0.15) is 44.2 Å². The molecule has 1 aliphatic rings. The van der Waals surface area contributed by atoms with Gasteiger partial charge in [-0.25, -0.2) is 8.42 Å². The molecule has 0 saturated carbocycles. The zero-order valence-corrected chi connectivity index (χ0v) is 23.4. The van der Waals surface area contributed by atoms with E-state index in [1.807, 2.05) is 20.8 Å². The van der Waals surface area contributed by atoms with Crippen molar-refractivity contribution in [2.45, 2.75) is 50.5 Å². The van der Waals surface area contributed by atoms with Gasteiger partial charge in [0.15, 0.2) is 9.84 Å². The van der Waals surface area contributed by atoms with E-state index >= 15 is 0 Å². The second-order valence-electron chi connectivity index (χ2n) is 10.9. The highest BCUT2D eigenvalue weighted by atomic mass is 32.2. The average Bonchev–Trinajstić information content (AvgIpc) is 3.60. The van der Waals surface area contributed by atoms with Gasteiger partial charge >= 0.3 is 12.1 Å². The van der Waals surface area contributed by atoms with Gasteiger partial charge in [0.2, 0.25) is 23.5 Å². The largest absolute Gasteiger partial charge is 0.471 e. The van der Waals surface area contributed by atoms with E-state index in [4.69, 9.17) is 15.9 Å². The standard InChI is InChI=1S/C26H26F3N7O5S/c1-25(2,3)19(31)22-34-33-21(40-22)15-8-9-18-17(10-15)36(23(37)16(30)12-42(18,38)39)11-13-4-6-14(7-5-13)20-32-24(41-35-20)26(27,28)29/h4-10,16,19H,11-12,30-31H2,1-3H3/t16-,19?/m0/s1. The molecule has 1 unspecified atom stereocenters. The van der Waals surface area contributed by atoms with Crippen molar-refractivity contribution in [1.82, 2.24) is 20.3 Å². The monoisotopic (exact) mass is 605 g/mol. The van der Waals surface area contributed by atoms with Gasteiger partial charge in [0.05, 0.1) is 35.0 Å². The van der Waals surface area contributed by atoms with E-state index < -0.39 is 45.6 Å². The number of sulfone groups is 1. The third-order valence-corrected chi connectivity index (χ3v) is 8.49. The zero-order valence-electron chi connectivity index (χ0n) is 22.6. The minimum atomic E-state index is -4.79. The topological polar surface area (TPSA) is 184 Å². The Labute approximate surface area is 237 Å². The number of aromatic nitrogens is 4. The summed E-state index contributed by atoms with van der Waals surface area (Å²) in [5.41, 5.74) is 13.0. The molecule has 0 fully saturated rings. The van der Waals surface area contributed by atoms with Crippen LogP contribution < -0.4 is 16.4 Å². The molecule has 2 aromatic heterocycles. The lowest BCUT2D eigenvalue weighted by molar-refractivity contribution is -0.159. The molecule has 2 atom stereocenters. The molecule has 0 spiro atoms. The van der Waals surface area contributed by atoms with E-state index in [9.17, 15) is 26.4 Å². The number of halogens is 3. The van der Waals surface area contributed by atoms with Crippen LogP contribution in [0.25, 0.3) is 22.8 Å². The van der Waals surface area contributed by atoms with Crippen molar-refractivity contribution in [3.8, 4) is 22.8 Å². The van der Waals surface area contributed by atoms with E-state index in [-0.39, 0.29) is 45.7 Å².